The van der Waals surface area contributed by atoms with Gasteiger partial charge in [-0.05, 0) is 41.5 Å². The molecule has 3 aromatic rings. The number of hydrogen-bond acceptors (Lipinski definition) is 4. The van der Waals surface area contributed by atoms with E-state index in [1.807, 2.05) is 30.3 Å². The molecule has 0 aliphatic rings. The molecular formula is C23H23ClN2O4S. The summed E-state index contributed by atoms with van der Waals surface area (Å²) in [5.41, 5.74) is 2.23. The SMILES string of the molecule is CS(=O)(=O)N(CC(=O)Nc1ccc(OCc2ccccc2)cc1)Cc1ccccc1Cl. The van der Waals surface area contributed by atoms with Crippen molar-refractivity contribution < 1.29 is 17.9 Å². The van der Waals surface area contributed by atoms with Crippen molar-refractivity contribution >= 4 is 33.2 Å². The van der Waals surface area contributed by atoms with Gasteiger partial charge in [-0.2, -0.15) is 4.31 Å². The number of ether oxygens (including phenoxy) is 1. The van der Waals surface area contributed by atoms with Gasteiger partial charge in [0.05, 0.1) is 12.8 Å². The predicted molar refractivity (Wildman–Crippen MR) is 123 cm³/mol. The summed E-state index contributed by atoms with van der Waals surface area (Å²) in [6.07, 6.45) is 1.07. The molecule has 1 N–H and O–H groups in total. The normalized spacial score (nSPS) is 11.3. The molecule has 162 valence electrons. The number of rotatable bonds is 9. The number of halogens is 1. The molecule has 0 spiro atoms. The first kappa shape index (κ1) is 22.8. The van der Waals surface area contributed by atoms with Gasteiger partial charge in [-0.15, -0.1) is 0 Å². The first-order valence-electron chi connectivity index (χ1n) is 9.56. The Morgan fingerprint density at radius 2 is 1.61 bits per heavy atom. The monoisotopic (exact) mass is 458 g/mol. The maximum absolute atomic E-state index is 12.5. The highest BCUT2D eigenvalue weighted by Crippen LogP contribution is 2.19. The number of sulfonamides is 1. The average molecular weight is 459 g/mol. The number of nitrogens with one attached hydrogen (secondary N) is 1. The summed E-state index contributed by atoms with van der Waals surface area (Å²) in [5.74, 6) is 0.216. The van der Waals surface area contributed by atoms with Crippen LogP contribution in [0.25, 0.3) is 0 Å². The Kier molecular flexibility index (Phi) is 7.68. The van der Waals surface area contributed by atoms with Gasteiger partial charge in [0, 0.05) is 17.3 Å². The number of anilines is 1. The number of hydrogen-bond donors (Lipinski definition) is 1. The summed E-state index contributed by atoms with van der Waals surface area (Å²) in [7, 11) is -3.61. The molecule has 8 heteroatoms. The zero-order chi connectivity index (χ0) is 22.3. The van der Waals surface area contributed by atoms with Crippen LogP contribution in [0.4, 0.5) is 5.69 Å². The first-order chi connectivity index (χ1) is 14.8. The van der Waals surface area contributed by atoms with E-state index < -0.39 is 15.9 Å². The number of benzene rings is 3. The highest BCUT2D eigenvalue weighted by atomic mass is 35.5. The summed E-state index contributed by atoms with van der Waals surface area (Å²) in [5, 5.41) is 3.16. The van der Waals surface area contributed by atoms with Crippen LogP contribution >= 0.6 is 11.6 Å². The smallest absolute Gasteiger partial charge is 0.239 e. The molecule has 3 aromatic carbocycles. The lowest BCUT2D eigenvalue weighted by Crippen LogP contribution is -2.37. The Hall–Kier alpha value is -2.87. The minimum atomic E-state index is -3.61. The maximum Gasteiger partial charge on any atom is 0.239 e. The van der Waals surface area contributed by atoms with Crippen LogP contribution in [0.2, 0.25) is 5.02 Å². The second-order valence-electron chi connectivity index (χ2n) is 6.97. The second kappa shape index (κ2) is 10.4. The van der Waals surface area contributed by atoms with Crippen molar-refractivity contribution in [2.24, 2.45) is 0 Å². The number of amides is 1. The van der Waals surface area contributed by atoms with Crippen LogP contribution in [0.5, 0.6) is 5.75 Å². The summed E-state index contributed by atoms with van der Waals surface area (Å²) >= 11 is 6.13. The Labute approximate surface area is 187 Å². The molecule has 1 amide bonds. The van der Waals surface area contributed by atoms with Gasteiger partial charge >= 0.3 is 0 Å². The Bertz CT molecular complexity index is 1120. The van der Waals surface area contributed by atoms with E-state index in [0.29, 0.717) is 28.6 Å². The molecule has 0 saturated carbocycles. The van der Waals surface area contributed by atoms with Crippen LogP contribution in [0.3, 0.4) is 0 Å². The standard InChI is InChI=1S/C23H23ClN2O4S/c1-31(28,29)26(15-19-9-5-6-10-22(19)24)16-23(27)25-20-11-13-21(14-12-20)30-17-18-7-3-2-4-8-18/h2-14H,15-17H2,1H3,(H,25,27). The molecule has 0 aromatic heterocycles. The van der Waals surface area contributed by atoms with Crippen LogP contribution in [-0.4, -0.2) is 31.4 Å². The Balaban J connectivity index is 1.58. The van der Waals surface area contributed by atoms with E-state index in [0.717, 1.165) is 16.1 Å². The van der Waals surface area contributed by atoms with Crippen LogP contribution in [0, 0.1) is 0 Å². The van der Waals surface area contributed by atoms with Gasteiger partial charge in [0.25, 0.3) is 0 Å². The van der Waals surface area contributed by atoms with Gasteiger partial charge < -0.3 is 10.1 Å². The third kappa shape index (κ3) is 7.10. The van der Waals surface area contributed by atoms with Gasteiger partial charge in [-0.3, -0.25) is 4.79 Å². The number of carbonyl (C=O) groups excluding carboxylic acids is 1. The molecule has 0 heterocycles. The van der Waals surface area contributed by atoms with Gasteiger partial charge in [0.15, 0.2) is 0 Å². The summed E-state index contributed by atoms with van der Waals surface area (Å²) in [6.45, 7) is 0.131. The van der Waals surface area contributed by atoms with Crippen LogP contribution in [-0.2, 0) is 28.0 Å². The van der Waals surface area contributed by atoms with Crippen molar-refractivity contribution in [1.82, 2.24) is 4.31 Å². The molecule has 0 bridgehead atoms. The van der Waals surface area contributed by atoms with Gasteiger partial charge in [-0.25, -0.2) is 8.42 Å². The Morgan fingerprint density at radius 1 is 0.968 bits per heavy atom. The lowest BCUT2D eigenvalue weighted by atomic mass is 10.2. The maximum atomic E-state index is 12.5. The summed E-state index contributed by atoms with van der Waals surface area (Å²) in [6, 6.07) is 23.6. The van der Waals surface area contributed by atoms with Crippen molar-refractivity contribution in [3.05, 3.63) is 95.0 Å². The van der Waals surface area contributed by atoms with E-state index in [1.165, 1.54) is 0 Å². The number of carbonyl (C=O) groups is 1. The lowest BCUT2D eigenvalue weighted by Gasteiger charge is -2.20. The second-order valence-corrected chi connectivity index (χ2v) is 9.36. The average Bonchev–Trinajstić information content (AvgIpc) is 2.74. The van der Waals surface area contributed by atoms with E-state index >= 15 is 0 Å². The molecule has 0 fully saturated rings. The van der Waals surface area contributed by atoms with E-state index in [4.69, 9.17) is 16.3 Å². The van der Waals surface area contributed by atoms with E-state index in [9.17, 15) is 13.2 Å². The molecule has 3 rings (SSSR count). The van der Waals surface area contributed by atoms with E-state index in [2.05, 4.69) is 5.32 Å². The van der Waals surface area contributed by atoms with Gasteiger partial charge in [0.1, 0.15) is 12.4 Å². The van der Waals surface area contributed by atoms with Gasteiger partial charge in [-0.1, -0.05) is 60.1 Å². The van der Waals surface area contributed by atoms with Crippen LogP contribution in [0.15, 0.2) is 78.9 Å². The zero-order valence-electron chi connectivity index (χ0n) is 17.0. The molecule has 0 aliphatic heterocycles. The highest BCUT2D eigenvalue weighted by Gasteiger charge is 2.21. The van der Waals surface area contributed by atoms with Crippen molar-refractivity contribution in [3.63, 3.8) is 0 Å². The predicted octanol–water partition coefficient (Wildman–Crippen LogP) is 4.32. The molecule has 0 aliphatic carbocycles. The molecule has 31 heavy (non-hydrogen) atoms. The topological polar surface area (TPSA) is 75.7 Å². The van der Waals surface area contributed by atoms with Gasteiger partial charge in [0.2, 0.25) is 15.9 Å². The molecule has 0 radical (unpaired) electrons. The molecule has 0 saturated heterocycles. The third-order valence-electron chi connectivity index (χ3n) is 4.48. The summed E-state index contributed by atoms with van der Waals surface area (Å²) in [4.78, 5) is 12.5. The number of nitrogens with zero attached hydrogens (tertiary/aromatic N) is 1. The van der Waals surface area contributed by atoms with Crippen LogP contribution < -0.4 is 10.1 Å². The fraction of sp³-hybridized carbons (Fsp3) is 0.174. The van der Waals surface area contributed by atoms with Crippen molar-refractivity contribution in [2.75, 3.05) is 18.1 Å². The quantitative estimate of drug-likeness (QED) is 0.518. The lowest BCUT2D eigenvalue weighted by molar-refractivity contribution is -0.116. The van der Waals surface area contributed by atoms with Crippen molar-refractivity contribution in [2.45, 2.75) is 13.2 Å². The minimum absolute atomic E-state index is 0.0121. The molecular weight excluding hydrogens is 436 g/mol. The zero-order valence-corrected chi connectivity index (χ0v) is 18.6. The highest BCUT2D eigenvalue weighted by molar-refractivity contribution is 7.88. The molecule has 6 nitrogen and oxygen atoms in total. The van der Waals surface area contributed by atoms with E-state index in [1.54, 1.807) is 48.5 Å². The van der Waals surface area contributed by atoms with Crippen molar-refractivity contribution in [3.8, 4) is 5.75 Å². The Morgan fingerprint density at radius 3 is 2.26 bits per heavy atom. The van der Waals surface area contributed by atoms with E-state index in [-0.39, 0.29) is 13.1 Å². The molecule has 0 atom stereocenters. The first-order valence-corrected chi connectivity index (χ1v) is 11.8. The van der Waals surface area contributed by atoms with Crippen molar-refractivity contribution in [1.29, 1.82) is 0 Å². The fourth-order valence-corrected chi connectivity index (χ4v) is 3.76. The fourth-order valence-electron chi connectivity index (χ4n) is 2.84. The minimum Gasteiger partial charge on any atom is -0.489 e. The largest absolute Gasteiger partial charge is 0.489 e. The summed E-state index contributed by atoms with van der Waals surface area (Å²) < 4.78 is 31.1. The molecule has 0 unspecified atom stereocenters. The third-order valence-corrected chi connectivity index (χ3v) is 6.04. The van der Waals surface area contributed by atoms with Crippen LogP contribution in [0.1, 0.15) is 11.1 Å².